The summed E-state index contributed by atoms with van der Waals surface area (Å²) >= 11 is 0. The summed E-state index contributed by atoms with van der Waals surface area (Å²) in [5.74, 6) is -1.63. The summed E-state index contributed by atoms with van der Waals surface area (Å²) in [6.07, 6.45) is 2.90. The first-order valence-electron chi connectivity index (χ1n) is 7.91. The van der Waals surface area contributed by atoms with Crippen molar-refractivity contribution in [3.63, 3.8) is 0 Å². The number of hydrogen-bond acceptors (Lipinski definition) is 5. The van der Waals surface area contributed by atoms with Gasteiger partial charge in [0.2, 0.25) is 5.89 Å². The SMILES string of the molecule is CNC(=O)c1ccc(/C=C/C(=O)[C@@H](C#N)c2nc3ccccc3o2)cc1. The van der Waals surface area contributed by atoms with Crippen molar-refractivity contribution < 1.29 is 14.0 Å². The molecular formula is C20H15N3O3. The zero-order chi connectivity index (χ0) is 18.5. The van der Waals surface area contributed by atoms with Crippen LogP contribution in [0.2, 0.25) is 0 Å². The van der Waals surface area contributed by atoms with Crippen LogP contribution in [0.4, 0.5) is 0 Å². The molecule has 6 nitrogen and oxygen atoms in total. The van der Waals surface area contributed by atoms with Gasteiger partial charge in [0.25, 0.3) is 5.91 Å². The van der Waals surface area contributed by atoms with E-state index in [9.17, 15) is 14.9 Å². The van der Waals surface area contributed by atoms with Crippen molar-refractivity contribution in [3.8, 4) is 6.07 Å². The third-order valence-electron chi connectivity index (χ3n) is 3.81. The fourth-order valence-corrected chi connectivity index (χ4v) is 2.42. The van der Waals surface area contributed by atoms with E-state index in [4.69, 9.17) is 4.42 Å². The summed E-state index contributed by atoms with van der Waals surface area (Å²) in [5, 5.41) is 11.9. The average Bonchev–Trinajstić information content (AvgIpc) is 3.10. The molecule has 3 aromatic rings. The Morgan fingerprint density at radius 3 is 2.58 bits per heavy atom. The number of carbonyl (C=O) groups is 2. The Morgan fingerprint density at radius 1 is 1.19 bits per heavy atom. The Hall–Kier alpha value is -3.72. The maximum Gasteiger partial charge on any atom is 0.251 e. The first-order chi connectivity index (χ1) is 12.6. The molecule has 1 heterocycles. The van der Waals surface area contributed by atoms with Gasteiger partial charge in [0.15, 0.2) is 17.3 Å². The van der Waals surface area contributed by atoms with Crippen LogP contribution in [-0.2, 0) is 4.79 Å². The van der Waals surface area contributed by atoms with E-state index in [1.54, 1.807) is 61.7 Å². The molecule has 128 valence electrons. The van der Waals surface area contributed by atoms with E-state index < -0.39 is 11.7 Å². The van der Waals surface area contributed by atoms with Crippen molar-refractivity contribution in [1.29, 1.82) is 5.26 Å². The standard InChI is InChI=1S/C20H15N3O3/c1-22-19(25)14-9-6-13(7-10-14)8-11-17(24)15(12-21)20-23-16-4-2-3-5-18(16)26-20/h2-11,15H,1H3,(H,22,25)/b11-8+/t15-/m1/s1. The molecule has 6 heteroatoms. The number of amides is 1. The van der Waals surface area contributed by atoms with Gasteiger partial charge in [-0.2, -0.15) is 5.26 Å². The van der Waals surface area contributed by atoms with Crippen LogP contribution in [0.5, 0.6) is 0 Å². The zero-order valence-corrected chi connectivity index (χ0v) is 14.0. The maximum absolute atomic E-state index is 12.4. The van der Waals surface area contributed by atoms with Crippen LogP contribution in [0, 0.1) is 11.3 Å². The molecule has 26 heavy (non-hydrogen) atoms. The lowest BCUT2D eigenvalue weighted by Gasteiger charge is -2.01. The summed E-state index contributed by atoms with van der Waals surface area (Å²) in [6.45, 7) is 0. The molecule has 1 atom stereocenters. The number of benzene rings is 2. The Kier molecular flexibility index (Phi) is 4.90. The van der Waals surface area contributed by atoms with Gasteiger partial charge >= 0.3 is 0 Å². The normalized spacial score (nSPS) is 12.0. The van der Waals surface area contributed by atoms with Crippen LogP contribution in [0.15, 0.2) is 59.0 Å². The second-order valence-corrected chi connectivity index (χ2v) is 5.52. The fourth-order valence-electron chi connectivity index (χ4n) is 2.42. The molecule has 0 aliphatic carbocycles. The van der Waals surface area contributed by atoms with Crippen molar-refractivity contribution >= 4 is 28.9 Å². The summed E-state index contributed by atoms with van der Waals surface area (Å²) in [4.78, 5) is 28.1. The highest BCUT2D eigenvalue weighted by Gasteiger charge is 2.23. The third kappa shape index (κ3) is 3.52. The number of para-hydroxylation sites is 2. The van der Waals surface area contributed by atoms with E-state index in [-0.39, 0.29) is 11.8 Å². The number of allylic oxidation sites excluding steroid dienone is 1. The van der Waals surface area contributed by atoms with Crippen LogP contribution >= 0.6 is 0 Å². The van der Waals surface area contributed by atoms with Crippen LogP contribution in [0.3, 0.4) is 0 Å². The fraction of sp³-hybridized carbons (Fsp3) is 0.100. The molecule has 1 amide bonds. The molecule has 0 fully saturated rings. The lowest BCUT2D eigenvalue weighted by molar-refractivity contribution is -0.115. The molecule has 0 saturated heterocycles. The van der Waals surface area contributed by atoms with Crippen LogP contribution in [-0.4, -0.2) is 23.7 Å². The summed E-state index contributed by atoms with van der Waals surface area (Å²) in [6, 6.07) is 15.8. The average molecular weight is 345 g/mol. The van der Waals surface area contributed by atoms with Crippen LogP contribution in [0.25, 0.3) is 17.2 Å². The molecule has 0 bridgehead atoms. The first-order valence-corrected chi connectivity index (χ1v) is 7.91. The molecule has 0 aliphatic heterocycles. The number of nitriles is 1. The largest absolute Gasteiger partial charge is 0.439 e. The lowest BCUT2D eigenvalue weighted by Crippen LogP contribution is -2.17. The molecule has 2 aromatic carbocycles. The monoisotopic (exact) mass is 345 g/mol. The molecule has 0 spiro atoms. The van der Waals surface area contributed by atoms with E-state index in [1.807, 2.05) is 6.07 Å². The first kappa shape index (κ1) is 17.1. The molecule has 0 unspecified atom stereocenters. The zero-order valence-electron chi connectivity index (χ0n) is 14.0. The van der Waals surface area contributed by atoms with E-state index in [1.165, 1.54) is 6.08 Å². The number of rotatable bonds is 5. The number of ketones is 1. The second kappa shape index (κ2) is 7.45. The van der Waals surface area contributed by atoms with Gasteiger partial charge in [-0.15, -0.1) is 0 Å². The van der Waals surface area contributed by atoms with Crippen molar-refractivity contribution in [2.45, 2.75) is 5.92 Å². The number of oxazole rings is 1. The van der Waals surface area contributed by atoms with Crippen LogP contribution in [0.1, 0.15) is 27.7 Å². The lowest BCUT2D eigenvalue weighted by atomic mass is 10.0. The highest BCUT2D eigenvalue weighted by atomic mass is 16.3. The molecule has 0 aliphatic rings. The maximum atomic E-state index is 12.4. The van der Waals surface area contributed by atoms with E-state index in [0.29, 0.717) is 16.7 Å². The van der Waals surface area contributed by atoms with Gasteiger partial charge in [-0.25, -0.2) is 4.98 Å². The highest BCUT2D eigenvalue weighted by Crippen LogP contribution is 2.22. The minimum Gasteiger partial charge on any atom is -0.439 e. The number of carbonyl (C=O) groups excluding carboxylic acids is 2. The predicted molar refractivity (Wildman–Crippen MR) is 96.2 cm³/mol. The van der Waals surface area contributed by atoms with Crippen molar-refractivity contribution in [2.75, 3.05) is 7.05 Å². The molecule has 0 saturated carbocycles. The third-order valence-corrected chi connectivity index (χ3v) is 3.81. The number of nitrogens with zero attached hydrogens (tertiary/aromatic N) is 2. The Bertz CT molecular complexity index is 993. The smallest absolute Gasteiger partial charge is 0.251 e. The quantitative estimate of drug-likeness (QED) is 0.717. The van der Waals surface area contributed by atoms with Gasteiger partial charge in [-0.05, 0) is 35.9 Å². The second-order valence-electron chi connectivity index (χ2n) is 5.52. The Morgan fingerprint density at radius 2 is 1.92 bits per heavy atom. The molecular weight excluding hydrogens is 330 g/mol. The molecule has 1 aromatic heterocycles. The summed E-state index contributed by atoms with van der Waals surface area (Å²) in [5.41, 5.74) is 2.39. The van der Waals surface area contributed by atoms with Gasteiger partial charge in [-0.3, -0.25) is 9.59 Å². The number of nitrogens with one attached hydrogen (secondary N) is 1. The highest BCUT2D eigenvalue weighted by molar-refractivity contribution is 6.00. The summed E-state index contributed by atoms with van der Waals surface area (Å²) < 4.78 is 5.52. The number of fused-ring (bicyclic) bond motifs is 1. The van der Waals surface area contributed by atoms with E-state index in [2.05, 4.69) is 10.3 Å². The minimum absolute atomic E-state index is 0.0818. The molecule has 1 N–H and O–H groups in total. The molecule has 0 radical (unpaired) electrons. The minimum atomic E-state index is -1.11. The van der Waals surface area contributed by atoms with Gasteiger partial charge in [0.1, 0.15) is 5.52 Å². The van der Waals surface area contributed by atoms with Crippen LogP contribution < -0.4 is 5.32 Å². The van der Waals surface area contributed by atoms with Crippen molar-refractivity contribution in [1.82, 2.24) is 10.3 Å². The number of hydrogen-bond donors (Lipinski definition) is 1. The van der Waals surface area contributed by atoms with E-state index in [0.717, 1.165) is 5.56 Å². The Labute approximate surface area is 149 Å². The van der Waals surface area contributed by atoms with Gasteiger partial charge in [0.05, 0.1) is 6.07 Å². The molecule has 3 rings (SSSR count). The van der Waals surface area contributed by atoms with Crippen molar-refractivity contribution in [3.05, 3.63) is 71.6 Å². The Balaban J connectivity index is 1.77. The van der Waals surface area contributed by atoms with Gasteiger partial charge in [0, 0.05) is 12.6 Å². The van der Waals surface area contributed by atoms with E-state index >= 15 is 0 Å². The number of aromatic nitrogens is 1. The topological polar surface area (TPSA) is 96.0 Å². The van der Waals surface area contributed by atoms with Crippen molar-refractivity contribution in [2.24, 2.45) is 0 Å². The van der Waals surface area contributed by atoms with Gasteiger partial charge in [-0.1, -0.05) is 30.3 Å². The predicted octanol–water partition coefficient (Wildman–Crippen LogP) is 3.08. The van der Waals surface area contributed by atoms with Gasteiger partial charge < -0.3 is 9.73 Å². The summed E-state index contributed by atoms with van der Waals surface area (Å²) in [7, 11) is 1.56.